The van der Waals surface area contributed by atoms with E-state index >= 15 is 0 Å². The highest BCUT2D eigenvalue weighted by molar-refractivity contribution is 6.07. The van der Waals surface area contributed by atoms with Crippen LogP contribution in [0.15, 0.2) is 65.1 Å². The predicted molar refractivity (Wildman–Crippen MR) is 132 cm³/mol. The van der Waals surface area contributed by atoms with Gasteiger partial charge in [0.25, 0.3) is 0 Å². The van der Waals surface area contributed by atoms with Crippen molar-refractivity contribution in [2.24, 2.45) is 15.9 Å². The molecule has 0 heterocycles. The van der Waals surface area contributed by atoms with Crippen LogP contribution in [0.5, 0.6) is 0 Å². The van der Waals surface area contributed by atoms with Crippen LogP contribution >= 0.6 is 0 Å². The number of hydrogen-bond acceptors (Lipinski definition) is 3. The molecule has 160 valence electrons. The van der Waals surface area contributed by atoms with Crippen molar-refractivity contribution in [3.63, 3.8) is 0 Å². The zero-order valence-corrected chi connectivity index (χ0v) is 19.6. The molecular weight excluding hydrogens is 368 g/mol. The Bertz CT molecular complexity index is 932. The van der Waals surface area contributed by atoms with Gasteiger partial charge in [0.15, 0.2) is 0 Å². The van der Waals surface area contributed by atoms with Crippen LogP contribution in [-0.2, 0) is 10.2 Å². The van der Waals surface area contributed by atoms with Crippen molar-refractivity contribution in [2.75, 3.05) is 13.7 Å². The second-order valence-electron chi connectivity index (χ2n) is 8.91. The Hall–Kier alpha value is -2.52. The lowest BCUT2D eigenvalue weighted by Crippen LogP contribution is -2.22. The van der Waals surface area contributed by atoms with Gasteiger partial charge in [0.05, 0.1) is 11.4 Å². The van der Waals surface area contributed by atoms with E-state index < -0.39 is 0 Å². The molecule has 0 N–H and O–H groups in total. The van der Waals surface area contributed by atoms with E-state index in [0.29, 0.717) is 6.61 Å². The molecule has 0 bridgehead atoms. The lowest BCUT2D eigenvalue weighted by molar-refractivity contribution is 0.192. The Balaban J connectivity index is 2.48. The molecule has 3 nitrogen and oxygen atoms in total. The van der Waals surface area contributed by atoms with E-state index in [9.17, 15) is 0 Å². The van der Waals surface area contributed by atoms with Crippen molar-refractivity contribution in [1.29, 1.82) is 0 Å². The maximum absolute atomic E-state index is 5.39. The van der Waals surface area contributed by atoms with E-state index in [1.165, 1.54) is 5.56 Å². The summed E-state index contributed by atoms with van der Waals surface area (Å²) in [5, 5.41) is 0. The maximum atomic E-state index is 5.39. The van der Waals surface area contributed by atoms with E-state index in [4.69, 9.17) is 14.7 Å². The van der Waals surface area contributed by atoms with Gasteiger partial charge in [0.2, 0.25) is 0 Å². The Morgan fingerprint density at radius 1 is 0.900 bits per heavy atom. The molecule has 0 saturated heterocycles. The molecule has 1 unspecified atom stereocenters. The summed E-state index contributed by atoms with van der Waals surface area (Å²) in [6.07, 6.45) is 0.841. The molecule has 0 amide bonds. The summed E-state index contributed by atoms with van der Waals surface area (Å²) in [7, 11) is 1.74. The van der Waals surface area contributed by atoms with Crippen LogP contribution in [0.1, 0.15) is 59.1 Å². The van der Waals surface area contributed by atoms with Gasteiger partial charge in [-0.25, -0.2) is 0 Å². The Labute approximate surface area is 182 Å². The summed E-state index contributed by atoms with van der Waals surface area (Å²) in [4.78, 5) is 10.0. The Morgan fingerprint density at radius 3 is 2.00 bits per heavy atom. The summed E-state index contributed by atoms with van der Waals surface area (Å²) in [5.74, 6) is 0.108. The number of para-hydroxylation sites is 2. The Morgan fingerprint density at radius 2 is 1.43 bits per heavy atom. The summed E-state index contributed by atoms with van der Waals surface area (Å²) >= 11 is 0. The summed E-state index contributed by atoms with van der Waals surface area (Å²) in [5.41, 5.74) is 7.44. The number of benzene rings is 2. The lowest BCUT2D eigenvalue weighted by Gasteiger charge is -2.22. The molecule has 30 heavy (non-hydrogen) atoms. The smallest absolute Gasteiger partial charge is 0.0703 e. The number of aliphatic imine (C=N–C) groups is 2. The van der Waals surface area contributed by atoms with E-state index in [2.05, 4.69) is 71.5 Å². The molecular formula is C27H36N2O. The number of allylic oxidation sites excluding steroid dienone is 1. The van der Waals surface area contributed by atoms with Gasteiger partial charge in [-0.1, -0.05) is 63.7 Å². The van der Waals surface area contributed by atoms with Gasteiger partial charge in [-0.15, -0.1) is 0 Å². The highest BCUT2D eigenvalue weighted by Gasteiger charge is 2.20. The van der Waals surface area contributed by atoms with Gasteiger partial charge in [-0.2, -0.15) is 0 Å². The fraction of sp³-hybridized carbons (Fsp3) is 0.407. The van der Waals surface area contributed by atoms with Crippen molar-refractivity contribution in [3.8, 4) is 0 Å². The number of ether oxygens (including phenoxy) is 1. The molecule has 0 radical (unpaired) electrons. The molecule has 2 rings (SSSR count). The molecule has 0 aliphatic heterocycles. The second kappa shape index (κ2) is 10.5. The van der Waals surface area contributed by atoms with E-state index in [1.54, 1.807) is 7.11 Å². The topological polar surface area (TPSA) is 34.0 Å². The summed E-state index contributed by atoms with van der Waals surface area (Å²) in [6, 6.07) is 16.6. The number of rotatable bonds is 8. The molecule has 0 aliphatic rings. The maximum Gasteiger partial charge on any atom is 0.0703 e. The van der Waals surface area contributed by atoms with Gasteiger partial charge in [0, 0.05) is 36.6 Å². The minimum atomic E-state index is 0.0337. The third-order valence-corrected chi connectivity index (χ3v) is 5.29. The minimum Gasteiger partial charge on any atom is -0.385 e. The van der Waals surface area contributed by atoms with Crippen LogP contribution in [0.3, 0.4) is 0 Å². The summed E-state index contributed by atoms with van der Waals surface area (Å²) < 4.78 is 5.39. The van der Waals surface area contributed by atoms with Gasteiger partial charge in [0.1, 0.15) is 0 Å². The van der Waals surface area contributed by atoms with Crippen LogP contribution in [0.25, 0.3) is 5.57 Å². The molecule has 2 aromatic carbocycles. The van der Waals surface area contributed by atoms with Crippen LogP contribution in [0, 0.1) is 5.92 Å². The molecule has 0 spiro atoms. The number of methoxy groups -OCH3 is 1. The first-order valence-electron chi connectivity index (χ1n) is 10.6. The molecule has 3 heteroatoms. The van der Waals surface area contributed by atoms with E-state index in [1.807, 2.05) is 25.1 Å². The van der Waals surface area contributed by atoms with Gasteiger partial charge in [-0.05, 0) is 55.9 Å². The van der Waals surface area contributed by atoms with Crippen LogP contribution in [0.4, 0.5) is 11.4 Å². The van der Waals surface area contributed by atoms with Crippen LogP contribution < -0.4 is 0 Å². The van der Waals surface area contributed by atoms with Crippen molar-refractivity contribution < 1.29 is 4.74 Å². The first kappa shape index (κ1) is 23.8. The number of hydrogen-bond donors (Lipinski definition) is 0. The quantitative estimate of drug-likeness (QED) is 0.418. The first-order valence-corrected chi connectivity index (χ1v) is 10.6. The standard InChI is InChI=1S/C27H36N2O/c1-19(2)22-13-9-11-15-25(22)28-20(3)23(17-18-30-8)21(4)29-26-16-12-10-14-24(26)27(5,6)7/h9-16,23H,1,17-18H2,2-8H3/b28-20+,29-21+. The molecule has 0 aliphatic carbocycles. The lowest BCUT2D eigenvalue weighted by atomic mass is 9.85. The molecule has 0 saturated carbocycles. The van der Waals surface area contributed by atoms with Gasteiger partial charge in [-0.3, -0.25) is 9.98 Å². The van der Waals surface area contributed by atoms with Crippen molar-refractivity contribution in [1.82, 2.24) is 0 Å². The van der Waals surface area contributed by atoms with Crippen LogP contribution in [0.2, 0.25) is 0 Å². The van der Waals surface area contributed by atoms with Crippen LogP contribution in [-0.4, -0.2) is 25.1 Å². The van der Waals surface area contributed by atoms with Crippen molar-refractivity contribution in [3.05, 3.63) is 66.2 Å². The Kier molecular flexibility index (Phi) is 8.31. The largest absolute Gasteiger partial charge is 0.385 e. The van der Waals surface area contributed by atoms with Gasteiger partial charge >= 0.3 is 0 Å². The fourth-order valence-electron chi connectivity index (χ4n) is 3.63. The third-order valence-electron chi connectivity index (χ3n) is 5.29. The van der Waals surface area contributed by atoms with Gasteiger partial charge < -0.3 is 4.74 Å². The zero-order valence-electron chi connectivity index (χ0n) is 19.6. The molecule has 1 atom stereocenters. The summed E-state index contributed by atoms with van der Waals surface area (Å²) in [6.45, 7) is 17.6. The first-order chi connectivity index (χ1) is 14.1. The SMILES string of the molecule is C=C(C)c1ccccc1/N=C(\C)C(CCOC)/C(C)=N/c1ccccc1C(C)(C)C. The second-order valence-corrected chi connectivity index (χ2v) is 8.91. The predicted octanol–water partition coefficient (Wildman–Crippen LogP) is 7.55. The fourth-order valence-corrected chi connectivity index (χ4v) is 3.63. The highest BCUT2D eigenvalue weighted by Crippen LogP contribution is 2.32. The molecule has 0 fully saturated rings. The van der Waals surface area contributed by atoms with Crippen molar-refractivity contribution in [2.45, 2.75) is 53.4 Å². The average molecular weight is 405 g/mol. The van der Waals surface area contributed by atoms with E-state index in [0.717, 1.165) is 40.4 Å². The average Bonchev–Trinajstić information content (AvgIpc) is 2.68. The zero-order chi connectivity index (χ0) is 22.3. The van der Waals surface area contributed by atoms with Crippen molar-refractivity contribution >= 4 is 28.4 Å². The normalized spacial score (nSPS) is 14.0. The minimum absolute atomic E-state index is 0.0337. The third kappa shape index (κ3) is 6.24. The molecule has 2 aromatic rings. The molecule has 0 aromatic heterocycles. The highest BCUT2D eigenvalue weighted by atomic mass is 16.5. The number of nitrogens with zero attached hydrogens (tertiary/aromatic N) is 2. The van der Waals surface area contributed by atoms with E-state index in [-0.39, 0.29) is 11.3 Å². The monoisotopic (exact) mass is 404 g/mol.